The van der Waals surface area contributed by atoms with Gasteiger partial charge in [-0.15, -0.1) is 0 Å². The predicted octanol–water partition coefficient (Wildman–Crippen LogP) is 2.74. The summed E-state index contributed by atoms with van der Waals surface area (Å²) in [5.74, 6) is 0.804. The van der Waals surface area contributed by atoms with Crippen LogP contribution in [0.2, 0.25) is 0 Å². The van der Waals surface area contributed by atoms with Crippen molar-refractivity contribution < 1.29 is 9.53 Å². The number of carbonyl (C=O) groups excluding carboxylic acids is 1. The highest BCUT2D eigenvalue weighted by molar-refractivity contribution is 5.73. The van der Waals surface area contributed by atoms with Gasteiger partial charge in [-0.2, -0.15) is 0 Å². The molecule has 0 aromatic heterocycles. The summed E-state index contributed by atoms with van der Waals surface area (Å²) in [7, 11) is 0. The molecule has 0 aliphatic rings. The molecule has 1 aromatic carbocycles. The minimum atomic E-state index is -0.199. The first-order chi connectivity index (χ1) is 8.54. The monoisotopic (exact) mass is 250 g/mol. The fourth-order valence-corrected chi connectivity index (χ4v) is 1.44. The van der Waals surface area contributed by atoms with Crippen LogP contribution in [-0.2, 0) is 0 Å². The van der Waals surface area contributed by atoms with E-state index in [0.29, 0.717) is 0 Å². The van der Waals surface area contributed by atoms with E-state index in [1.54, 1.807) is 0 Å². The second-order valence-electron chi connectivity index (χ2n) is 4.45. The Morgan fingerprint density at radius 2 is 2.11 bits per heavy atom. The third kappa shape index (κ3) is 4.28. The normalized spacial score (nSPS) is 11.8. The van der Waals surface area contributed by atoms with E-state index in [1.807, 2.05) is 45.9 Å². The number of aryl methyl sites for hydroxylation is 1. The van der Waals surface area contributed by atoms with Crippen molar-refractivity contribution in [3.05, 3.63) is 29.3 Å². The summed E-state index contributed by atoms with van der Waals surface area (Å²) in [6.45, 7) is 8.20. The number of hydrogen-bond acceptors (Lipinski definition) is 2. The number of rotatable bonds is 5. The minimum absolute atomic E-state index is 0.172. The number of amides is 2. The van der Waals surface area contributed by atoms with Gasteiger partial charge in [0.05, 0.1) is 0 Å². The Balaban J connectivity index is 2.38. The number of benzene rings is 1. The van der Waals surface area contributed by atoms with Crippen molar-refractivity contribution in [1.29, 1.82) is 0 Å². The average molecular weight is 250 g/mol. The number of nitrogens with one attached hydrogen (secondary N) is 2. The third-order valence-electron chi connectivity index (χ3n) is 3.01. The first-order valence-electron chi connectivity index (χ1n) is 6.28. The quantitative estimate of drug-likeness (QED) is 0.789. The molecule has 0 aliphatic carbocycles. The van der Waals surface area contributed by atoms with Gasteiger partial charge in [-0.1, -0.05) is 19.1 Å². The van der Waals surface area contributed by atoms with Crippen molar-refractivity contribution in [2.75, 3.05) is 6.73 Å². The lowest BCUT2D eigenvalue weighted by molar-refractivity contribution is 0.220. The van der Waals surface area contributed by atoms with E-state index in [4.69, 9.17) is 4.74 Å². The van der Waals surface area contributed by atoms with Crippen LogP contribution in [0.3, 0.4) is 0 Å². The smallest absolute Gasteiger partial charge is 0.317 e. The predicted molar refractivity (Wildman–Crippen MR) is 72.8 cm³/mol. The summed E-state index contributed by atoms with van der Waals surface area (Å²) in [6, 6.07) is 5.85. The molecule has 0 aliphatic heterocycles. The fourth-order valence-electron chi connectivity index (χ4n) is 1.44. The summed E-state index contributed by atoms with van der Waals surface area (Å²) >= 11 is 0. The highest BCUT2D eigenvalue weighted by atomic mass is 16.5. The van der Waals surface area contributed by atoms with Crippen molar-refractivity contribution in [1.82, 2.24) is 10.6 Å². The molecule has 0 heterocycles. The van der Waals surface area contributed by atoms with Crippen LogP contribution in [0.15, 0.2) is 18.2 Å². The Bertz CT molecular complexity index is 405. The summed E-state index contributed by atoms with van der Waals surface area (Å²) in [5, 5.41) is 5.48. The number of ether oxygens (including phenoxy) is 1. The molecule has 1 unspecified atom stereocenters. The van der Waals surface area contributed by atoms with E-state index < -0.39 is 0 Å². The zero-order valence-corrected chi connectivity index (χ0v) is 11.5. The second-order valence-corrected chi connectivity index (χ2v) is 4.45. The topological polar surface area (TPSA) is 50.4 Å². The van der Waals surface area contributed by atoms with Crippen LogP contribution in [0, 0.1) is 13.8 Å². The zero-order valence-electron chi connectivity index (χ0n) is 11.5. The second kappa shape index (κ2) is 6.89. The lowest BCUT2D eigenvalue weighted by Gasteiger charge is -2.14. The van der Waals surface area contributed by atoms with E-state index in [0.717, 1.165) is 17.7 Å². The maximum absolute atomic E-state index is 11.5. The molecule has 1 atom stereocenters. The van der Waals surface area contributed by atoms with Crippen LogP contribution in [-0.4, -0.2) is 18.8 Å². The van der Waals surface area contributed by atoms with Gasteiger partial charge in [0, 0.05) is 6.04 Å². The summed E-state index contributed by atoms with van der Waals surface area (Å²) in [6.07, 6.45) is 0.908. The van der Waals surface area contributed by atoms with Crippen LogP contribution in [0.4, 0.5) is 4.79 Å². The molecule has 1 aromatic rings. The summed E-state index contributed by atoms with van der Waals surface area (Å²) < 4.78 is 5.53. The zero-order chi connectivity index (χ0) is 13.5. The molecule has 0 fully saturated rings. The Hall–Kier alpha value is -1.71. The molecule has 1 rings (SSSR count). The number of hydrogen-bond donors (Lipinski definition) is 2. The van der Waals surface area contributed by atoms with Gasteiger partial charge >= 0.3 is 6.03 Å². The fraction of sp³-hybridized carbons (Fsp3) is 0.500. The molecule has 0 bridgehead atoms. The molecule has 100 valence electrons. The highest BCUT2D eigenvalue weighted by Crippen LogP contribution is 2.19. The molecular weight excluding hydrogens is 228 g/mol. The Morgan fingerprint density at radius 3 is 2.78 bits per heavy atom. The van der Waals surface area contributed by atoms with Crippen molar-refractivity contribution in [3.63, 3.8) is 0 Å². The third-order valence-corrected chi connectivity index (χ3v) is 3.01. The van der Waals surface area contributed by atoms with Gasteiger partial charge in [0.15, 0.2) is 6.73 Å². The van der Waals surface area contributed by atoms with Gasteiger partial charge in [0.1, 0.15) is 5.75 Å². The van der Waals surface area contributed by atoms with Gasteiger partial charge in [-0.25, -0.2) is 4.79 Å². The van der Waals surface area contributed by atoms with Crippen LogP contribution >= 0.6 is 0 Å². The Morgan fingerprint density at radius 1 is 1.39 bits per heavy atom. The lowest BCUT2D eigenvalue weighted by atomic mass is 10.1. The van der Waals surface area contributed by atoms with E-state index >= 15 is 0 Å². The molecule has 2 amide bonds. The van der Waals surface area contributed by atoms with Gasteiger partial charge in [0.2, 0.25) is 0 Å². The molecule has 4 heteroatoms. The van der Waals surface area contributed by atoms with Crippen molar-refractivity contribution in [2.45, 2.75) is 40.2 Å². The minimum Gasteiger partial charge on any atom is -0.473 e. The highest BCUT2D eigenvalue weighted by Gasteiger charge is 2.05. The van der Waals surface area contributed by atoms with Gasteiger partial charge in [-0.05, 0) is 44.4 Å². The van der Waals surface area contributed by atoms with Gasteiger partial charge < -0.3 is 15.4 Å². The van der Waals surface area contributed by atoms with Crippen LogP contribution < -0.4 is 15.4 Å². The average Bonchev–Trinajstić information content (AvgIpc) is 2.34. The Labute approximate surface area is 109 Å². The van der Waals surface area contributed by atoms with Crippen molar-refractivity contribution in [2.24, 2.45) is 0 Å². The van der Waals surface area contributed by atoms with Crippen LogP contribution in [0.25, 0.3) is 0 Å². The molecule has 0 saturated heterocycles. The molecule has 0 radical (unpaired) electrons. The number of carbonyl (C=O) groups is 1. The van der Waals surface area contributed by atoms with Crippen LogP contribution in [0.1, 0.15) is 31.4 Å². The SMILES string of the molecule is CCC(C)NC(=O)NCOc1cccc(C)c1C. The maximum atomic E-state index is 11.5. The molecule has 0 spiro atoms. The van der Waals surface area contributed by atoms with E-state index in [1.165, 1.54) is 5.56 Å². The van der Waals surface area contributed by atoms with Crippen molar-refractivity contribution in [3.8, 4) is 5.75 Å². The molecular formula is C14H22N2O2. The molecule has 0 saturated carbocycles. The first kappa shape index (κ1) is 14.4. The lowest BCUT2D eigenvalue weighted by Crippen LogP contribution is -2.41. The van der Waals surface area contributed by atoms with Gasteiger partial charge in [-0.3, -0.25) is 0 Å². The molecule has 4 nitrogen and oxygen atoms in total. The van der Waals surface area contributed by atoms with E-state index in [-0.39, 0.29) is 18.8 Å². The van der Waals surface area contributed by atoms with Crippen LogP contribution in [0.5, 0.6) is 5.75 Å². The molecule has 18 heavy (non-hydrogen) atoms. The summed E-state index contributed by atoms with van der Waals surface area (Å²) in [5.41, 5.74) is 2.28. The van der Waals surface area contributed by atoms with E-state index in [2.05, 4.69) is 10.6 Å². The maximum Gasteiger partial charge on any atom is 0.317 e. The standard InChI is InChI=1S/C14H22N2O2/c1-5-11(3)16-14(17)15-9-18-13-8-6-7-10(2)12(13)4/h6-8,11H,5,9H2,1-4H3,(H2,15,16,17). The van der Waals surface area contributed by atoms with Crippen molar-refractivity contribution >= 4 is 6.03 Å². The molecule has 2 N–H and O–H groups in total. The largest absolute Gasteiger partial charge is 0.473 e. The summed E-state index contributed by atoms with van der Waals surface area (Å²) in [4.78, 5) is 11.5. The Kier molecular flexibility index (Phi) is 5.49. The van der Waals surface area contributed by atoms with E-state index in [9.17, 15) is 4.79 Å². The number of urea groups is 1. The first-order valence-corrected chi connectivity index (χ1v) is 6.28. The van der Waals surface area contributed by atoms with Gasteiger partial charge in [0.25, 0.3) is 0 Å².